The van der Waals surface area contributed by atoms with E-state index in [1.165, 1.54) is 7.11 Å². The van der Waals surface area contributed by atoms with Crippen molar-refractivity contribution in [2.24, 2.45) is 5.41 Å². The van der Waals surface area contributed by atoms with E-state index in [1.807, 2.05) is 55.5 Å². The number of benzene rings is 2. The number of aromatic nitrogens is 4. The van der Waals surface area contributed by atoms with Crippen molar-refractivity contribution >= 4 is 46.2 Å². The number of rotatable bonds is 11. The summed E-state index contributed by atoms with van der Waals surface area (Å²) in [5.41, 5.74) is 6.28. The average Bonchev–Trinajstić information content (AvgIpc) is 3.75. The van der Waals surface area contributed by atoms with E-state index in [1.54, 1.807) is 25.4 Å². The molecule has 12 heteroatoms. The molecule has 0 unspecified atom stereocenters. The number of fused-ring (bicyclic) bond motifs is 3. The number of pyridine rings is 2. The topological polar surface area (TPSA) is 102 Å². The number of hydrogen-bond donors (Lipinski definition) is 1. The fourth-order valence-electron chi connectivity index (χ4n) is 8.00. The maximum atomic E-state index is 13.8. The molecule has 0 amide bonds. The van der Waals surface area contributed by atoms with Crippen molar-refractivity contribution in [3.05, 3.63) is 94.9 Å². The SMILES string of the molecule is C=Cc1cnc2c(Nc3cccc(-c4cccc(-c5ccc(CN(C)C67CCC(C(=O)OC)(CC6)C7)c(OC)n5)c4Cl)c3C)nc(C(F)F)nc2c1. The lowest BCUT2D eigenvalue weighted by atomic mass is 9.84. The molecule has 3 aromatic heterocycles. The number of esters is 1. The van der Waals surface area contributed by atoms with E-state index in [0.717, 1.165) is 59.9 Å². The molecule has 2 saturated carbocycles. The predicted molar refractivity (Wildman–Crippen MR) is 199 cm³/mol. The molecule has 0 aliphatic heterocycles. The van der Waals surface area contributed by atoms with Crippen LogP contribution in [0.15, 0.2) is 67.4 Å². The largest absolute Gasteiger partial charge is 0.481 e. The van der Waals surface area contributed by atoms with Gasteiger partial charge in [0, 0.05) is 40.7 Å². The summed E-state index contributed by atoms with van der Waals surface area (Å²) in [6, 6.07) is 17.1. The number of anilines is 2. The van der Waals surface area contributed by atoms with Gasteiger partial charge in [-0.15, -0.1) is 0 Å². The first-order chi connectivity index (χ1) is 25.0. The van der Waals surface area contributed by atoms with Crippen LogP contribution in [0.1, 0.15) is 61.0 Å². The maximum absolute atomic E-state index is 13.8. The lowest BCUT2D eigenvalue weighted by molar-refractivity contribution is -0.152. The summed E-state index contributed by atoms with van der Waals surface area (Å²) in [6.45, 7) is 6.28. The quantitative estimate of drug-likeness (QED) is 0.134. The summed E-state index contributed by atoms with van der Waals surface area (Å²) < 4.78 is 38.6. The Morgan fingerprint density at radius 1 is 1.04 bits per heavy atom. The summed E-state index contributed by atoms with van der Waals surface area (Å²) >= 11 is 7.15. The minimum atomic E-state index is -2.86. The third-order valence-electron chi connectivity index (χ3n) is 10.9. The maximum Gasteiger partial charge on any atom is 0.311 e. The predicted octanol–water partition coefficient (Wildman–Crippen LogP) is 9.36. The molecule has 2 aromatic carbocycles. The number of halogens is 3. The van der Waals surface area contributed by atoms with Crippen molar-refractivity contribution in [3.8, 4) is 28.3 Å². The molecule has 2 aliphatic carbocycles. The van der Waals surface area contributed by atoms with Crippen molar-refractivity contribution in [1.82, 2.24) is 24.8 Å². The molecule has 0 saturated heterocycles. The number of carbonyl (C=O) groups excluding carboxylic acids is 1. The Balaban J connectivity index is 1.17. The smallest absolute Gasteiger partial charge is 0.311 e. The summed E-state index contributed by atoms with van der Waals surface area (Å²) in [5.74, 6) is -0.0143. The van der Waals surface area contributed by atoms with Gasteiger partial charge >= 0.3 is 5.97 Å². The molecule has 7 rings (SSSR count). The van der Waals surface area contributed by atoms with Gasteiger partial charge in [-0.2, -0.15) is 0 Å². The van der Waals surface area contributed by atoms with Crippen LogP contribution >= 0.6 is 11.6 Å². The molecule has 5 aromatic rings. The molecular weight excluding hydrogens is 686 g/mol. The molecule has 52 heavy (non-hydrogen) atoms. The monoisotopic (exact) mass is 724 g/mol. The first-order valence-electron chi connectivity index (χ1n) is 17.1. The molecule has 1 N–H and O–H groups in total. The second-order valence-corrected chi connectivity index (χ2v) is 14.1. The zero-order chi connectivity index (χ0) is 36.8. The van der Waals surface area contributed by atoms with Crippen molar-refractivity contribution in [3.63, 3.8) is 0 Å². The molecule has 0 atom stereocenters. The normalized spacial score (nSPS) is 19.4. The van der Waals surface area contributed by atoms with Gasteiger partial charge in [-0.05, 0) is 81.0 Å². The zero-order valence-corrected chi connectivity index (χ0v) is 30.2. The van der Waals surface area contributed by atoms with Crippen LogP contribution in [-0.4, -0.2) is 57.6 Å². The number of nitrogens with one attached hydrogen (secondary N) is 1. The molecule has 0 spiro atoms. The zero-order valence-electron chi connectivity index (χ0n) is 29.5. The van der Waals surface area contributed by atoms with Gasteiger partial charge in [0.05, 0.1) is 35.9 Å². The lowest BCUT2D eigenvalue weighted by Crippen LogP contribution is -2.42. The number of alkyl halides is 2. The van der Waals surface area contributed by atoms with Crippen LogP contribution in [0.2, 0.25) is 5.02 Å². The fourth-order valence-corrected chi connectivity index (χ4v) is 8.33. The molecule has 3 heterocycles. The molecule has 2 bridgehead atoms. The van der Waals surface area contributed by atoms with Gasteiger partial charge in [0.25, 0.3) is 6.43 Å². The summed E-state index contributed by atoms with van der Waals surface area (Å²) in [4.78, 5) is 32.5. The highest BCUT2D eigenvalue weighted by molar-refractivity contribution is 6.36. The molecule has 2 fully saturated rings. The Morgan fingerprint density at radius 2 is 1.77 bits per heavy atom. The van der Waals surface area contributed by atoms with Gasteiger partial charge in [-0.1, -0.05) is 60.7 Å². The number of nitrogens with zero attached hydrogens (tertiary/aromatic N) is 5. The van der Waals surface area contributed by atoms with Gasteiger partial charge in [0.15, 0.2) is 11.6 Å². The van der Waals surface area contributed by atoms with Gasteiger partial charge < -0.3 is 14.8 Å². The van der Waals surface area contributed by atoms with Crippen LogP contribution in [0.4, 0.5) is 20.3 Å². The van der Waals surface area contributed by atoms with Crippen LogP contribution in [0.3, 0.4) is 0 Å². The minimum absolute atomic E-state index is 0.0614. The van der Waals surface area contributed by atoms with Gasteiger partial charge in [-0.25, -0.2) is 23.7 Å². The summed E-state index contributed by atoms with van der Waals surface area (Å²) in [5, 5.41) is 3.73. The van der Waals surface area contributed by atoms with Crippen molar-refractivity contribution in [2.75, 3.05) is 26.6 Å². The second kappa shape index (κ2) is 13.9. The Bertz CT molecular complexity index is 2200. The number of methoxy groups -OCH3 is 2. The van der Waals surface area contributed by atoms with E-state index < -0.39 is 12.2 Å². The van der Waals surface area contributed by atoms with Crippen LogP contribution in [0.5, 0.6) is 5.88 Å². The van der Waals surface area contributed by atoms with Crippen molar-refractivity contribution < 1.29 is 23.0 Å². The van der Waals surface area contributed by atoms with Crippen LogP contribution < -0.4 is 10.1 Å². The van der Waals surface area contributed by atoms with Crippen LogP contribution in [0, 0.1) is 12.3 Å². The van der Waals surface area contributed by atoms with Gasteiger partial charge in [0.1, 0.15) is 5.52 Å². The minimum Gasteiger partial charge on any atom is -0.481 e. The van der Waals surface area contributed by atoms with E-state index in [4.69, 9.17) is 26.1 Å². The fraction of sp³-hybridized carbons (Fsp3) is 0.325. The Hall–Kier alpha value is -5.00. The van der Waals surface area contributed by atoms with E-state index in [2.05, 4.69) is 38.8 Å². The van der Waals surface area contributed by atoms with Crippen molar-refractivity contribution in [2.45, 2.75) is 57.5 Å². The third kappa shape index (κ3) is 6.15. The van der Waals surface area contributed by atoms with E-state index in [9.17, 15) is 13.6 Å². The number of hydrogen-bond acceptors (Lipinski definition) is 9. The highest BCUT2D eigenvalue weighted by atomic mass is 35.5. The standard InChI is InChI=1S/C40H39ClF2N6O3/c1-6-24-19-31-33(44-20-24)35(48-36(46-31)34(42)43)45-29-12-8-9-26(23(29)2)27-10-7-11-28(32(27)41)30-14-13-25(37(47-30)51-4)21-49(3)40-17-15-39(22-40,16-18-40)38(50)52-5/h6-14,19-20,34H,1,15-18,21-22H2,2-5H3,(H,45,46,48). The third-order valence-corrected chi connectivity index (χ3v) is 11.3. The highest BCUT2D eigenvalue weighted by Crippen LogP contribution is 2.59. The van der Waals surface area contributed by atoms with E-state index >= 15 is 0 Å². The average molecular weight is 725 g/mol. The van der Waals surface area contributed by atoms with Crippen LogP contribution in [-0.2, 0) is 16.1 Å². The first-order valence-corrected chi connectivity index (χ1v) is 17.5. The van der Waals surface area contributed by atoms with E-state index in [0.29, 0.717) is 39.9 Å². The highest BCUT2D eigenvalue weighted by Gasteiger charge is 2.60. The van der Waals surface area contributed by atoms with Crippen molar-refractivity contribution in [1.29, 1.82) is 0 Å². The van der Waals surface area contributed by atoms with Gasteiger partial charge in [-0.3, -0.25) is 14.7 Å². The molecule has 9 nitrogen and oxygen atoms in total. The molecule has 268 valence electrons. The molecule has 2 aliphatic rings. The van der Waals surface area contributed by atoms with Gasteiger partial charge in [0.2, 0.25) is 5.88 Å². The summed E-state index contributed by atoms with van der Waals surface area (Å²) in [6.07, 6.45) is 4.70. The lowest BCUT2D eigenvalue weighted by Gasteiger charge is -2.37. The number of carbonyl (C=O) groups is 1. The molecular formula is C40H39ClF2N6O3. The Morgan fingerprint density at radius 3 is 2.48 bits per heavy atom. The second-order valence-electron chi connectivity index (χ2n) is 13.7. The van der Waals surface area contributed by atoms with E-state index in [-0.39, 0.29) is 28.3 Å². The molecule has 0 radical (unpaired) electrons. The first kappa shape index (κ1) is 35.4. The Labute approximate surface area is 306 Å². The number of ether oxygens (including phenoxy) is 2. The summed E-state index contributed by atoms with van der Waals surface area (Å²) in [7, 11) is 5.20. The Kier molecular flexibility index (Phi) is 9.43. The van der Waals surface area contributed by atoms with Crippen LogP contribution in [0.25, 0.3) is 39.5 Å².